The van der Waals surface area contributed by atoms with Crippen molar-refractivity contribution in [2.45, 2.75) is 24.2 Å². The average molecular weight is 334 g/mol. The van der Waals surface area contributed by atoms with Crippen molar-refractivity contribution in [1.82, 2.24) is 0 Å². The first-order chi connectivity index (χ1) is 8.18. The smallest absolute Gasteiger partial charge is 0.306 e. The summed E-state index contributed by atoms with van der Waals surface area (Å²) in [6.07, 6.45) is 2.93. The van der Waals surface area contributed by atoms with Gasteiger partial charge in [-0.15, -0.1) is 0 Å². The van der Waals surface area contributed by atoms with Crippen LogP contribution >= 0.6 is 33.2 Å². The molecule has 1 unspecified atom stereocenters. The van der Waals surface area contributed by atoms with E-state index in [0.717, 1.165) is 30.0 Å². The van der Waals surface area contributed by atoms with E-state index in [1.807, 2.05) is 24.3 Å². The third kappa shape index (κ3) is 10.1. The van der Waals surface area contributed by atoms with Crippen molar-refractivity contribution < 1.29 is 38.3 Å². The summed E-state index contributed by atoms with van der Waals surface area (Å²) in [7, 11) is 3.55. The third-order valence-electron chi connectivity index (χ3n) is 2.02. The predicted octanol–water partition coefficient (Wildman–Crippen LogP) is 1.48. The molecule has 0 amide bonds. The molecule has 0 radical (unpaired) electrons. The Morgan fingerprint density at radius 2 is 1.83 bits per heavy atom. The van der Waals surface area contributed by atoms with E-state index in [4.69, 9.17) is 16.2 Å². The van der Waals surface area contributed by atoms with Gasteiger partial charge in [0.25, 0.3) is 0 Å². The second-order valence-corrected chi connectivity index (χ2v) is 7.42. The maximum absolute atomic E-state index is 10.4. The molecule has 0 spiro atoms. The minimum atomic E-state index is -1.63. The van der Waals surface area contributed by atoms with Crippen LogP contribution in [-0.2, 0) is 11.1 Å². The second kappa shape index (κ2) is 12.1. The van der Waals surface area contributed by atoms with Crippen LogP contribution in [-0.4, -0.2) is 20.3 Å². The van der Waals surface area contributed by atoms with Crippen molar-refractivity contribution in [2.24, 2.45) is 0 Å². The molecular formula is C11H15ClNaO2S3+. The van der Waals surface area contributed by atoms with Gasteiger partial charge in [0.1, 0.15) is 0 Å². The molecule has 2 nitrogen and oxygen atoms in total. The zero-order valence-corrected chi connectivity index (χ0v) is 15.5. The Morgan fingerprint density at radius 1 is 1.17 bits per heavy atom. The van der Waals surface area contributed by atoms with Gasteiger partial charge < -0.3 is 4.55 Å². The van der Waals surface area contributed by atoms with Gasteiger partial charge in [0.2, 0.25) is 0 Å². The van der Waals surface area contributed by atoms with Crippen LogP contribution in [0, 0.1) is 0 Å². The topological polar surface area (TPSA) is 37.3 Å². The Labute approximate surface area is 146 Å². The zero-order valence-electron chi connectivity index (χ0n) is 10.3. The van der Waals surface area contributed by atoms with Crippen LogP contribution in [0.4, 0.5) is 0 Å². The van der Waals surface area contributed by atoms with E-state index < -0.39 is 11.1 Å². The van der Waals surface area contributed by atoms with Crippen LogP contribution < -0.4 is 29.6 Å². The summed E-state index contributed by atoms with van der Waals surface area (Å²) in [5, 5.41) is 0.761. The van der Waals surface area contributed by atoms with E-state index in [1.165, 1.54) is 4.90 Å². The Morgan fingerprint density at radius 3 is 2.44 bits per heavy atom. The average Bonchev–Trinajstić information content (AvgIpc) is 2.30. The largest absolute Gasteiger partial charge is 1.00 e. The van der Waals surface area contributed by atoms with Gasteiger partial charge in [-0.2, -0.15) is 0 Å². The fourth-order valence-electron chi connectivity index (χ4n) is 1.16. The van der Waals surface area contributed by atoms with E-state index in [-0.39, 0.29) is 29.6 Å². The summed E-state index contributed by atoms with van der Waals surface area (Å²) in [6.45, 7) is 0. The number of hydrogen-bond donors (Lipinski definition) is 1. The quantitative estimate of drug-likeness (QED) is 0.338. The molecule has 1 N–H and O–H groups in total. The van der Waals surface area contributed by atoms with E-state index in [9.17, 15) is 4.21 Å². The summed E-state index contributed by atoms with van der Waals surface area (Å²) in [5.74, 6) is 1.46. The minimum Gasteiger partial charge on any atom is -0.306 e. The van der Waals surface area contributed by atoms with Gasteiger partial charge in [0.05, 0.1) is 0 Å². The van der Waals surface area contributed by atoms with Crippen LogP contribution in [0.15, 0.2) is 29.2 Å². The molecule has 18 heavy (non-hydrogen) atoms. The maximum Gasteiger partial charge on any atom is 1.00 e. The standard InChI is InChI=1S/C11H15ClO2S3.Na/c12-10-4-6-11(7-5-10)16-15-8-2-1-3-9-17(13)14;/h4-7H,1-3,8-9H2,(H,13,14);/q;+1. The van der Waals surface area contributed by atoms with Crippen molar-refractivity contribution in [3.63, 3.8) is 0 Å². The van der Waals surface area contributed by atoms with E-state index in [0.29, 0.717) is 5.75 Å². The molecule has 0 aliphatic rings. The van der Waals surface area contributed by atoms with E-state index >= 15 is 0 Å². The van der Waals surface area contributed by atoms with Gasteiger partial charge in [-0.05, 0) is 37.1 Å². The Kier molecular flexibility index (Phi) is 13.0. The zero-order chi connectivity index (χ0) is 12.5. The van der Waals surface area contributed by atoms with Gasteiger partial charge in [-0.1, -0.05) is 39.6 Å². The summed E-state index contributed by atoms with van der Waals surface area (Å²) in [4.78, 5) is 1.20. The molecule has 7 heteroatoms. The number of unbranched alkanes of at least 4 members (excludes halogenated alkanes) is 2. The Bertz CT molecular complexity index is 349. The molecule has 0 saturated carbocycles. The van der Waals surface area contributed by atoms with Crippen molar-refractivity contribution in [1.29, 1.82) is 0 Å². The first kappa shape index (κ1) is 19.3. The second-order valence-electron chi connectivity index (χ2n) is 3.45. The van der Waals surface area contributed by atoms with Crippen LogP contribution in [0.1, 0.15) is 19.3 Å². The molecule has 0 bridgehead atoms. The van der Waals surface area contributed by atoms with Crippen LogP contribution in [0.2, 0.25) is 5.02 Å². The van der Waals surface area contributed by atoms with Crippen molar-refractivity contribution in [3.8, 4) is 0 Å². The normalized spacial score (nSPS) is 11.9. The fourth-order valence-corrected chi connectivity index (χ4v) is 3.87. The summed E-state index contributed by atoms with van der Waals surface area (Å²) in [5.41, 5.74) is 0. The molecule has 96 valence electrons. The van der Waals surface area contributed by atoms with Gasteiger partial charge in [-0.25, -0.2) is 4.21 Å². The summed E-state index contributed by atoms with van der Waals surface area (Å²) < 4.78 is 19.0. The first-order valence-corrected chi connectivity index (χ1v) is 9.28. The molecule has 0 fully saturated rings. The van der Waals surface area contributed by atoms with E-state index in [1.54, 1.807) is 21.6 Å². The van der Waals surface area contributed by atoms with Crippen molar-refractivity contribution in [3.05, 3.63) is 29.3 Å². The third-order valence-corrected chi connectivity index (χ3v) is 5.37. The molecule has 0 aliphatic heterocycles. The fraction of sp³-hybridized carbons (Fsp3) is 0.455. The molecule has 0 heterocycles. The molecule has 0 saturated heterocycles. The predicted molar refractivity (Wildman–Crippen MR) is 79.3 cm³/mol. The van der Waals surface area contributed by atoms with Gasteiger partial charge in [0, 0.05) is 21.4 Å². The Hall–Kier alpha value is 1.32. The van der Waals surface area contributed by atoms with Gasteiger partial charge in [-0.3, -0.25) is 0 Å². The summed E-state index contributed by atoms with van der Waals surface area (Å²) >= 11 is 4.17. The SMILES string of the molecule is O=S(O)CCCCCSSc1ccc(Cl)cc1.[Na+]. The molecule has 1 aromatic carbocycles. The number of halogens is 1. The van der Waals surface area contributed by atoms with Crippen LogP contribution in [0.3, 0.4) is 0 Å². The molecule has 1 aromatic rings. The van der Waals surface area contributed by atoms with Gasteiger partial charge in [0.15, 0.2) is 11.1 Å². The van der Waals surface area contributed by atoms with Gasteiger partial charge >= 0.3 is 29.6 Å². The minimum absolute atomic E-state index is 0. The van der Waals surface area contributed by atoms with Crippen molar-refractivity contribution >= 4 is 44.3 Å². The monoisotopic (exact) mass is 333 g/mol. The van der Waals surface area contributed by atoms with Crippen LogP contribution in [0.5, 0.6) is 0 Å². The van der Waals surface area contributed by atoms with Crippen molar-refractivity contribution in [2.75, 3.05) is 11.5 Å². The number of hydrogen-bond acceptors (Lipinski definition) is 3. The molecule has 0 aromatic heterocycles. The molecular weight excluding hydrogens is 319 g/mol. The molecule has 0 aliphatic carbocycles. The first-order valence-electron chi connectivity index (χ1n) is 5.31. The van der Waals surface area contributed by atoms with E-state index in [2.05, 4.69) is 0 Å². The Balaban J connectivity index is 0.00000289. The summed E-state index contributed by atoms with van der Waals surface area (Å²) in [6, 6.07) is 7.80. The van der Waals surface area contributed by atoms with Crippen LogP contribution in [0.25, 0.3) is 0 Å². The molecule has 1 rings (SSSR count). The number of rotatable bonds is 8. The number of benzene rings is 1. The maximum atomic E-state index is 10.4. The molecule has 1 atom stereocenters.